The van der Waals surface area contributed by atoms with Crippen molar-refractivity contribution in [3.05, 3.63) is 67.3 Å². The van der Waals surface area contributed by atoms with Crippen molar-refractivity contribution in [1.29, 1.82) is 0 Å². The maximum atomic E-state index is 5.74. The summed E-state index contributed by atoms with van der Waals surface area (Å²) in [5.74, 6) is 2.87. The molecule has 0 unspecified atom stereocenters. The first kappa shape index (κ1) is 16.8. The topological polar surface area (TPSA) is 74.1 Å². The van der Waals surface area contributed by atoms with Crippen molar-refractivity contribution in [3.63, 3.8) is 0 Å². The van der Waals surface area contributed by atoms with Crippen LogP contribution in [0.2, 0.25) is 0 Å². The van der Waals surface area contributed by atoms with Crippen molar-refractivity contribution in [2.24, 2.45) is 0 Å². The number of nitrogens with zero attached hydrogens (tertiary/aromatic N) is 4. The monoisotopic (exact) mass is 361 g/mol. The maximum Gasteiger partial charge on any atom is 0.237 e. The first-order valence-electron chi connectivity index (χ1n) is 8.59. The van der Waals surface area contributed by atoms with E-state index < -0.39 is 0 Å². The van der Waals surface area contributed by atoms with E-state index >= 15 is 0 Å². The number of hydrogen-bond donors (Lipinski definition) is 1. The van der Waals surface area contributed by atoms with E-state index in [-0.39, 0.29) is 0 Å². The summed E-state index contributed by atoms with van der Waals surface area (Å²) in [5.41, 5.74) is 0.820. The van der Waals surface area contributed by atoms with Gasteiger partial charge in [0.05, 0.1) is 19.2 Å². The van der Waals surface area contributed by atoms with Gasteiger partial charge in [0.15, 0.2) is 0 Å². The van der Waals surface area contributed by atoms with Crippen LogP contribution in [0.1, 0.15) is 0 Å². The predicted octanol–water partition coefficient (Wildman–Crippen LogP) is 3.32. The lowest BCUT2D eigenvalue weighted by Crippen LogP contribution is -2.14. The van der Waals surface area contributed by atoms with Gasteiger partial charge in [-0.15, -0.1) is 0 Å². The Morgan fingerprint density at radius 2 is 1.93 bits per heavy atom. The lowest BCUT2D eigenvalue weighted by atomic mass is 10.2. The maximum absolute atomic E-state index is 5.74. The van der Waals surface area contributed by atoms with Gasteiger partial charge in [0.25, 0.3) is 0 Å². The van der Waals surface area contributed by atoms with Crippen LogP contribution in [0, 0.1) is 0 Å². The van der Waals surface area contributed by atoms with Crippen LogP contribution in [0.15, 0.2) is 67.3 Å². The van der Waals surface area contributed by atoms with Gasteiger partial charge in [0.1, 0.15) is 30.3 Å². The summed E-state index contributed by atoms with van der Waals surface area (Å²) in [5, 5.41) is 4.23. The molecule has 0 aliphatic rings. The van der Waals surface area contributed by atoms with Gasteiger partial charge in [-0.3, -0.25) is 4.57 Å². The third kappa shape index (κ3) is 3.82. The minimum Gasteiger partial charge on any atom is -0.497 e. The molecule has 0 radical (unpaired) electrons. The first-order valence-corrected chi connectivity index (χ1v) is 8.59. The number of hydrogen-bond acceptors (Lipinski definition) is 6. The van der Waals surface area contributed by atoms with Crippen LogP contribution in [0.25, 0.3) is 16.9 Å². The number of anilines is 1. The Kier molecular flexibility index (Phi) is 4.82. The standard InChI is InChI=1S/C20H19N5O2/c1-26-16-7-8-18-17(13-16)19(24-20(23-18)25-11-9-21-14-25)22-10-12-27-15-5-3-2-4-6-15/h2-9,11,13-14H,10,12H2,1H3,(H,22,23,24). The molecule has 2 heterocycles. The van der Waals surface area contributed by atoms with Gasteiger partial charge in [0.2, 0.25) is 5.95 Å². The van der Waals surface area contributed by atoms with Gasteiger partial charge in [-0.2, -0.15) is 4.98 Å². The van der Waals surface area contributed by atoms with E-state index in [9.17, 15) is 0 Å². The normalized spacial score (nSPS) is 10.7. The largest absolute Gasteiger partial charge is 0.497 e. The predicted molar refractivity (Wildman–Crippen MR) is 104 cm³/mol. The number of aromatic nitrogens is 4. The molecule has 136 valence electrons. The van der Waals surface area contributed by atoms with Crippen molar-refractivity contribution in [2.75, 3.05) is 25.6 Å². The SMILES string of the molecule is COc1ccc2nc(-n3ccnc3)nc(NCCOc3ccccc3)c2c1. The van der Waals surface area contributed by atoms with Crippen LogP contribution in [0.3, 0.4) is 0 Å². The molecule has 0 bridgehead atoms. The molecule has 27 heavy (non-hydrogen) atoms. The molecule has 0 saturated carbocycles. The highest BCUT2D eigenvalue weighted by Gasteiger charge is 2.10. The summed E-state index contributed by atoms with van der Waals surface area (Å²) < 4.78 is 12.9. The Balaban J connectivity index is 1.58. The summed E-state index contributed by atoms with van der Waals surface area (Å²) in [7, 11) is 1.64. The lowest BCUT2D eigenvalue weighted by Gasteiger charge is -2.12. The number of fused-ring (bicyclic) bond motifs is 1. The summed E-state index contributed by atoms with van der Waals surface area (Å²) in [6, 6.07) is 15.5. The quantitative estimate of drug-likeness (QED) is 0.509. The molecule has 0 amide bonds. The number of para-hydroxylation sites is 1. The molecule has 0 saturated heterocycles. The molecule has 0 aliphatic heterocycles. The molecule has 0 aliphatic carbocycles. The van der Waals surface area contributed by atoms with Crippen molar-refractivity contribution in [1.82, 2.24) is 19.5 Å². The van der Waals surface area contributed by atoms with Crippen LogP contribution >= 0.6 is 0 Å². The molecular formula is C20H19N5O2. The third-order valence-corrected chi connectivity index (χ3v) is 4.03. The Morgan fingerprint density at radius 3 is 2.70 bits per heavy atom. The van der Waals surface area contributed by atoms with E-state index in [0.29, 0.717) is 19.1 Å². The second kappa shape index (κ2) is 7.74. The molecule has 4 rings (SSSR count). The van der Waals surface area contributed by atoms with E-state index in [1.165, 1.54) is 0 Å². The number of benzene rings is 2. The zero-order valence-corrected chi connectivity index (χ0v) is 14.9. The molecule has 0 atom stereocenters. The Labute approximate surface area is 156 Å². The molecule has 7 heteroatoms. The second-order valence-electron chi connectivity index (χ2n) is 5.81. The van der Waals surface area contributed by atoms with E-state index in [4.69, 9.17) is 9.47 Å². The third-order valence-electron chi connectivity index (χ3n) is 4.03. The van der Waals surface area contributed by atoms with E-state index in [1.54, 1.807) is 24.2 Å². The van der Waals surface area contributed by atoms with Gasteiger partial charge in [-0.1, -0.05) is 18.2 Å². The van der Waals surface area contributed by atoms with Gasteiger partial charge in [-0.05, 0) is 30.3 Å². The summed E-state index contributed by atoms with van der Waals surface area (Å²) in [6.07, 6.45) is 5.18. The van der Waals surface area contributed by atoms with Crippen molar-refractivity contribution in [3.8, 4) is 17.4 Å². The summed E-state index contributed by atoms with van der Waals surface area (Å²) >= 11 is 0. The van der Waals surface area contributed by atoms with Gasteiger partial charge in [-0.25, -0.2) is 9.97 Å². The number of rotatable bonds is 7. The fourth-order valence-corrected chi connectivity index (χ4v) is 2.70. The van der Waals surface area contributed by atoms with Crippen LogP contribution in [0.5, 0.6) is 11.5 Å². The minimum atomic E-state index is 0.514. The van der Waals surface area contributed by atoms with Crippen molar-refractivity contribution >= 4 is 16.7 Å². The van der Waals surface area contributed by atoms with Crippen molar-refractivity contribution in [2.45, 2.75) is 0 Å². The average molecular weight is 361 g/mol. The Morgan fingerprint density at radius 1 is 1.04 bits per heavy atom. The van der Waals surface area contributed by atoms with E-state index in [0.717, 1.165) is 28.2 Å². The highest BCUT2D eigenvalue weighted by molar-refractivity contribution is 5.90. The van der Waals surface area contributed by atoms with Gasteiger partial charge < -0.3 is 14.8 Å². The molecule has 0 spiro atoms. The Bertz CT molecular complexity index is 1020. The fourth-order valence-electron chi connectivity index (χ4n) is 2.70. The molecule has 7 nitrogen and oxygen atoms in total. The van der Waals surface area contributed by atoms with Crippen LogP contribution in [0.4, 0.5) is 5.82 Å². The van der Waals surface area contributed by atoms with Crippen LogP contribution in [-0.2, 0) is 0 Å². The van der Waals surface area contributed by atoms with Gasteiger partial charge >= 0.3 is 0 Å². The average Bonchev–Trinajstić information content (AvgIpc) is 3.26. The summed E-state index contributed by atoms with van der Waals surface area (Å²) in [4.78, 5) is 13.3. The second-order valence-corrected chi connectivity index (χ2v) is 5.81. The summed E-state index contributed by atoms with van der Waals surface area (Å²) in [6.45, 7) is 1.11. The van der Waals surface area contributed by atoms with Crippen LogP contribution < -0.4 is 14.8 Å². The molecule has 4 aromatic rings. The minimum absolute atomic E-state index is 0.514. The van der Waals surface area contributed by atoms with Gasteiger partial charge in [0, 0.05) is 17.8 Å². The molecular weight excluding hydrogens is 342 g/mol. The lowest BCUT2D eigenvalue weighted by molar-refractivity contribution is 0.333. The number of imidazole rings is 1. The van der Waals surface area contributed by atoms with E-state index in [1.807, 2.05) is 54.7 Å². The van der Waals surface area contributed by atoms with E-state index in [2.05, 4.69) is 20.3 Å². The highest BCUT2D eigenvalue weighted by atomic mass is 16.5. The molecule has 2 aromatic heterocycles. The smallest absolute Gasteiger partial charge is 0.237 e. The fraction of sp³-hybridized carbons (Fsp3) is 0.150. The zero-order valence-electron chi connectivity index (χ0n) is 14.9. The number of nitrogens with one attached hydrogen (secondary N) is 1. The van der Waals surface area contributed by atoms with Crippen LogP contribution in [-0.4, -0.2) is 39.8 Å². The zero-order chi connectivity index (χ0) is 18.5. The first-order chi connectivity index (χ1) is 13.3. The molecule has 2 aromatic carbocycles. The highest BCUT2D eigenvalue weighted by Crippen LogP contribution is 2.26. The van der Waals surface area contributed by atoms with Crippen molar-refractivity contribution < 1.29 is 9.47 Å². The number of ether oxygens (including phenoxy) is 2. The Hall–Kier alpha value is -3.61. The number of methoxy groups -OCH3 is 1. The molecule has 0 fully saturated rings. The molecule has 1 N–H and O–H groups in total.